The van der Waals surface area contributed by atoms with Crippen LogP contribution in [-0.4, -0.2) is 41.1 Å². The van der Waals surface area contributed by atoms with E-state index in [0.717, 1.165) is 32.2 Å². The Morgan fingerprint density at radius 2 is 1.88 bits per heavy atom. The molecule has 4 nitrogen and oxygen atoms in total. The molecule has 1 saturated heterocycles. The van der Waals surface area contributed by atoms with Crippen LogP contribution in [0.2, 0.25) is 0 Å². The summed E-state index contributed by atoms with van der Waals surface area (Å²) < 4.78 is 32.1. The molecule has 1 saturated carbocycles. The minimum absolute atomic E-state index is 0.0990. The van der Waals surface area contributed by atoms with E-state index in [9.17, 15) is 13.6 Å². The van der Waals surface area contributed by atoms with Crippen molar-refractivity contribution >= 4 is 6.09 Å². The van der Waals surface area contributed by atoms with Crippen LogP contribution in [0.3, 0.4) is 0 Å². The molecule has 1 unspecified atom stereocenters. The van der Waals surface area contributed by atoms with Crippen molar-refractivity contribution in [3.8, 4) is 0 Å². The zero-order chi connectivity index (χ0) is 18.0. The first-order valence-electron chi connectivity index (χ1n) is 9.13. The average molecular weight is 346 g/mol. The molecule has 2 rings (SSSR count). The maximum atomic E-state index is 13.3. The Labute approximate surface area is 144 Å². The molecule has 0 aromatic rings. The molecule has 0 radical (unpaired) electrons. The van der Waals surface area contributed by atoms with Crippen molar-refractivity contribution in [1.29, 1.82) is 0 Å². The van der Waals surface area contributed by atoms with Crippen LogP contribution < -0.4 is 5.73 Å². The SMILES string of the molecule is CC(C)(C)OC(=O)N1CCCC(CCC2(N)CCC(F)(F)CC2)C1. The molecule has 6 heteroatoms. The second kappa shape index (κ2) is 7.14. The highest BCUT2D eigenvalue weighted by Crippen LogP contribution is 2.40. The number of alkyl halides is 2. The Balaban J connectivity index is 1.80. The first-order valence-corrected chi connectivity index (χ1v) is 9.13. The second-order valence-corrected chi connectivity index (χ2v) is 8.69. The monoisotopic (exact) mass is 346 g/mol. The van der Waals surface area contributed by atoms with E-state index in [-0.39, 0.29) is 18.9 Å². The van der Waals surface area contributed by atoms with Crippen molar-refractivity contribution in [3.05, 3.63) is 0 Å². The molecular weight excluding hydrogens is 314 g/mol. The Kier molecular flexibility index (Phi) is 5.78. The van der Waals surface area contributed by atoms with E-state index in [1.165, 1.54) is 0 Å². The summed E-state index contributed by atoms with van der Waals surface area (Å²) in [7, 11) is 0. The van der Waals surface area contributed by atoms with Gasteiger partial charge in [0.05, 0.1) is 0 Å². The van der Waals surface area contributed by atoms with Gasteiger partial charge in [-0.15, -0.1) is 0 Å². The standard InChI is InChI=1S/C18H32F2N2O2/c1-16(2,3)24-15(23)22-12-4-5-14(13-22)6-7-17(21)8-10-18(19,20)11-9-17/h14H,4-13,21H2,1-3H3. The largest absolute Gasteiger partial charge is 0.444 e. The van der Waals surface area contributed by atoms with Gasteiger partial charge in [-0.05, 0) is 65.2 Å². The molecule has 2 aliphatic rings. The van der Waals surface area contributed by atoms with Gasteiger partial charge >= 0.3 is 6.09 Å². The summed E-state index contributed by atoms with van der Waals surface area (Å²) in [6, 6.07) is 0. The number of amides is 1. The number of rotatable bonds is 3. The van der Waals surface area contributed by atoms with Crippen LogP contribution in [0.25, 0.3) is 0 Å². The van der Waals surface area contributed by atoms with Gasteiger partial charge in [-0.1, -0.05) is 0 Å². The normalized spacial score (nSPS) is 26.9. The first kappa shape index (κ1) is 19.4. The zero-order valence-corrected chi connectivity index (χ0v) is 15.2. The van der Waals surface area contributed by atoms with Gasteiger partial charge in [0.25, 0.3) is 0 Å². The molecule has 0 bridgehead atoms. The van der Waals surface area contributed by atoms with Gasteiger partial charge in [0.2, 0.25) is 5.92 Å². The summed E-state index contributed by atoms with van der Waals surface area (Å²) in [6.07, 6.45) is 4.00. The maximum Gasteiger partial charge on any atom is 0.410 e. The Morgan fingerprint density at radius 3 is 2.46 bits per heavy atom. The minimum Gasteiger partial charge on any atom is -0.444 e. The molecule has 1 heterocycles. The van der Waals surface area contributed by atoms with Gasteiger partial charge < -0.3 is 15.4 Å². The van der Waals surface area contributed by atoms with E-state index >= 15 is 0 Å². The van der Waals surface area contributed by atoms with Gasteiger partial charge in [-0.25, -0.2) is 13.6 Å². The van der Waals surface area contributed by atoms with Crippen LogP contribution in [0, 0.1) is 5.92 Å². The highest BCUT2D eigenvalue weighted by Gasteiger charge is 2.41. The third-order valence-electron chi connectivity index (χ3n) is 5.20. The number of halogens is 2. The van der Waals surface area contributed by atoms with Crippen LogP contribution in [-0.2, 0) is 4.74 Å². The van der Waals surface area contributed by atoms with Gasteiger partial charge in [0.1, 0.15) is 5.60 Å². The van der Waals surface area contributed by atoms with E-state index < -0.39 is 17.1 Å². The van der Waals surface area contributed by atoms with Crippen molar-refractivity contribution in [1.82, 2.24) is 4.90 Å². The van der Waals surface area contributed by atoms with Gasteiger partial charge in [0, 0.05) is 31.5 Å². The third-order valence-corrected chi connectivity index (χ3v) is 5.20. The second-order valence-electron chi connectivity index (χ2n) is 8.69. The van der Waals surface area contributed by atoms with E-state index in [2.05, 4.69) is 0 Å². The lowest BCUT2D eigenvalue weighted by Crippen LogP contribution is -2.47. The predicted octanol–water partition coefficient (Wildman–Crippen LogP) is 4.32. The van der Waals surface area contributed by atoms with Crippen molar-refractivity contribution in [2.45, 2.75) is 89.2 Å². The average Bonchev–Trinajstić information content (AvgIpc) is 2.48. The van der Waals surface area contributed by atoms with Crippen molar-refractivity contribution in [3.63, 3.8) is 0 Å². The predicted molar refractivity (Wildman–Crippen MR) is 90.1 cm³/mol. The summed E-state index contributed by atoms with van der Waals surface area (Å²) in [4.78, 5) is 14.0. The molecule has 1 atom stereocenters. The quantitative estimate of drug-likeness (QED) is 0.828. The summed E-state index contributed by atoms with van der Waals surface area (Å²) in [6.45, 7) is 7.00. The van der Waals surface area contributed by atoms with E-state index in [0.29, 0.717) is 25.3 Å². The number of piperidine rings is 1. The fourth-order valence-electron chi connectivity index (χ4n) is 3.65. The lowest BCUT2D eigenvalue weighted by molar-refractivity contribution is -0.0525. The number of ether oxygens (including phenoxy) is 1. The van der Waals surface area contributed by atoms with Gasteiger partial charge in [-0.2, -0.15) is 0 Å². The molecule has 2 N–H and O–H groups in total. The molecule has 24 heavy (non-hydrogen) atoms. The number of likely N-dealkylation sites (tertiary alicyclic amines) is 1. The number of carbonyl (C=O) groups is 1. The van der Waals surface area contributed by atoms with Crippen LogP contribution in [0.4, 0.5) is 13.6 Å². The van der Waals surface area contributed by atoms with Crippen molar-refractivity contribution in [2.75, 3.05) is 13.1 Å². The van der Waals surface area contributed by atoms with Crippen molar-refractivity contribution in [2.24, 2.45) is 11.7 Å². The summed E-state index contributed by atoms with van der Waals surface area (Å²) in [5.41, 5.74) is 5.39. The smallest absolute Gasteiger partial charge is 0.410 e. The number of hydrogen-bond acceptors (Lipinski definition) is 3. The van der Waals surface area contributed by atoms with Gasteiger partial charge in [0.15, 0.2) is 0 Å². The zero-order valence-electron chi connectivity index (χ0n) is 15.2. The molecule has 2 fully saturated rings. The fourth-order valence-corrected chi connectivity index (χ4v) is 3.65. The Hall–Kier alpha value is -0.910. The highest BCUT2D eigenvalue weighted by molar-refractivity contribution is 5.68. The summed E-state index contributed by atoms with van der Waals surface area (Å²) >= 11 is 0. The Morgan fingerprint density at radius 1 is 1.25 bits per heavy atom. The fraction of sp³-hybridized carbons (Fsp3) is 0.944. The Bertz CT molecular complexity index is 439. The highest BCUT2D eigenvalue weighted by atomic mass is 19.3. The first-order chi connectivity index (χ1) is 11.0. The topological polar surface area (TPSA) is 55.6 Å². The van der Waals surface area contributed by atoms with Crippen molar-refractivity contribution < 1.29 is 18.3 Å². The molecule has 0 spiro atoms. The number of carbonyl (C=O) groups excluding carboxylic acids is 1. The van der Waals surface area contributed by atoms with Gasteiger partial charge in [-0.3, -0.25) is 0 Å². The third kappa shape index (κ3) is 5.87. The molecule has 1 aliphatic heterocycles. The van der Waals surface area contributed by atoms with E-state index in [1.807, 2.05) is 20.8 Å². The molecule has 0 aromatic heterocycles. The van der Waals surface area contributed by atoms with E-state index in [1.54, 1.807) is 4.90 Å². The number of hydrogen-bond donors (Lipinski definition) is 1. The van der Waals surface area contributed by atoms with Crippen LogP contribution in [0.1, 0.15) is 72.1 Å². The van der Waals surface area contributed by atoms with Crippen LogP contribution in [0.5, 0.6) is 0 Å². The number of nitrogens with zero attached hydrogens (tertiary/aromatic N) is 1. The summed E-state index contributed by atoms with van der Waals surface area (Å²) in [5, 5.41) is 0. The van der Waals surface area contributed by atoms with Crippen LogP contribution in [0.15, 0.2) is 0 Å². The molecular formula is C18H32F2N2O2. The lowest BCUT2D eigenvalue weighted by Gasteiger charge is -2.39. The molecule has 1 aliphatic carbocycles. The number of nitrogens with two attached hydrogens (primary N) is 1. The molecule has 0 aromatic carbocycles. The van der Waals surface area contributed by atoms with Crippen LogP contribution >= 0.6 is 0 Å². The van der Waals surface area contributed by atoms with E-state index in [4.69, 9.17) is 10.5 Å². The lowest BCUT2D eigenvalue weighted by atomic mass is 9.76. The molecule has 1 amide bonds. The summed E-state index contributed by atoms with van der Waals surface area (Å²) in [5.74, 6) is -2.16. The minimum atomic E-state index is -2.54. The molecule has 140 valence electrons. The maximum absolute atomic E-state index is 13.3.